The van der Waals surface area contributed by atoms with E-state index in [1.165, 1.54) is 12.1 Å². The molecule has 0 aliphatic heterocycles. The summed E-state index contributed by atoms with van der Waals surface area (Å²) >= 11 is 6.13. The van der Waals surface area contributed by atoms with Gasteiger partial charge >= 0.3 is 23.9 Å². The van der Waals surface area contributed by atoms with Crippen LogP contribution in [-0.2, 0) is 14.2 Å². The molecule has 0 radical (unpaired) electrons. The number of nitrogens with zero attached hydrogens (tertiary/aromatic N) is 5. The van der Waals surface area contributed by atoms with E-state index in [2.05, 4.69) is 48.1 Å². The molecule has 414 valence electrons. The lowest BCUT2D eigenvalue weighted by molar-refractivity contribution is -0.849. The van der Waals surface area contributed by atoms with E-state index in [0.29, 0.717) is 27.5 Å². The van der Waals surface area contributed by atoms with Gasteiger partial charge in [0, 0.05) is 22.3 Å². The number of aryl methyl sites for hydroxylation is 1. The first kappa shape index (κ1) is 64.7. The predicted octanol–water partition coefficient (Wildman–Crippen LogP) is 14.1. The van der Waals surface area contributed by atoms with Gasteiger partial charge in [0.25, 0.3) is 0 Å². The number of aromatic nitrogens is 4. The van der Waals surface area contributed by atoms with E-state index >= 15 is 0 Å². The lowest BCUT2D eigenvalue weighted by atomic mass is 10.1. The molecular weight excluding hydrogens is 1040 g/mol. The number of quaternary nitrogens is 1. The Balaban J connectivity index is 0.000000268. The van der Waals surface area contributed by atoms with Gasteiger partial charge < -0.3 is 23.8 Å². The van der Waals surface area contributed by atoms with E-state index in [0.717, 1.165) is 39.0 Å². The number of esters is 3. The van der Waals surface area contributed by atoms with Crippen LogP contribution >= 0.6 is 11.6 Å². The smallest absolute Gasteiger partial charge is 0.357 e. The van der Waals surface area contributed by atoms with Crippen molar-refractivity contribution >= 4 is 35.5 Å². The quantitative estimate of drug-likeness (QED) is 0.0740. The largest absolute Gasteiger partial charge is 0.477 e. The third-order valence-electron chi connectivity index (χ3n) is 9.70. The molecule has 0 unspecified atom stereocenters. The van der Waals surface area contributed by atoms with Crippen LogP contribution in [0.2, 0.25) is 5.02 Å². The van der Waals surface area contributed by atoms with Crippen LogP contribution in [0.4, 0.5) is 13.5 Å². The van der Waals surface area contributed by atoms with Crippen molar-refractivity contribution in [2.45, 2.75) is 66.8 Å². The number of halogens is 4. The molecule has 4 aromatic carbocycles. The second-order valence-corrected chi connectivity index (χ2v) is 19.7. The van der Waals surface area contributed by atoms with Gasteiger partial charge in [-0.05, 0) is 96.5 Å². The van der Waals surface area contributed by atoms with Crippen LogP contribution in [0, 0.1) is 18.6 Å². The molecule has 8 aromatic rings. The van der Waals surface area contributed by atoms with Gasteiger partial charge in [0.05, 0.1) is 62.9 Å². The lowest BCUT2D eigenvalue weighted by Crippen LogP contribution is -2.27. The highest BCUT2D eigenvalue weighted by Gasteiger charge is 2.18. The zero-order valence-electron chi connectivity index (χ0n) is 46.0. The lowest BCUT2D eigenvalue weighted by Gasteiger charge is -2.14. The minimum Gasteiger partial charge on any atom is -0.477 e. The Morgan fingerprint density at radius 2 is 0.696 bits per heavy atom. The van der Waals surface area contributed by atoms with Crippen molar-refractivity contribution in [3.63, 3.8) is 0 Å². The summed E-state index contributed by atoms with van der Waals surface area (Å²) in [6.45, 7) is 12.7. The Morgan fingerprint density at radius 3 is 1.04 bits per heavy atom. The van der Waals surface area contributed by atoms with Crippen molar-refractivity contribution in [1.29, 1.82) is 0 Å². The normalized spacial score (nSPS) is 10.4. The van der Waals surface area contributed by atoms with Crippen LogP contribution in [0.3, 0.4) is 0 Å². The number of aromatic carboxylic acids is 1. The maximum Gasteiger partial charge on any atom is 0.357 e. The summed E-state index contributed by atoms with van der Waals surface area (Å²) < 4.78 is 43.6. The van der Waals surface area contributed by atoms with E-state index in [-0.39, 0.29) is 57.5 Å². The number of carbonyl (C=O) groups is 4. The fourth-order valence-corrected chi connectivity index (χ4v) is 6.64. The van der Waals surface area contributed by atoms with E-state index in [9.17, 15) is 28.0 Å². The summed E-state index contributed by atoms with van der Waals surface area (Å²) in [7, 11) is 8.50. The average Bonchev–Trinajstić information content (AvgIpc) is 3.40. The van der Waals surface area contributed by atoms with Crippen molar-refractivity contribution in [2.75, 3.05) is 28.2 Å². The summed E-state index contributed by atoms with van der Waals surface area (Å²) in [5, 5.41) is 9.27. The van der Waals surface area contributed by atoms with Gasteiger partial charge in [0.1, 0.15) is 45.8 Å². The van der Waals surface area contributed by atoms with Crippen molar-refractivity contribution in [3.05, 3.63) is 215 Å². The number of carbonyl (C=O) groups excluding carboxylic acids is 3. The molecule has 4 aromatic heterocycles. The molecule has 0 fully saturated rings. The van der Waals surface area contributed by atoms with Gasteiger partial charge in [-0.2, -0.15) is 0 Å². The van der Waals surface area contributed by atoms with Gasteiger partial charge in [-0.25, -0.2) is 47.9 Å². The van der Waals surface area contributed by atoms with Crippen LogP contribution in [-0.4, -0.2) is 99.9 Å². The predicted molar refractivity (Wildman–Crippen MR) is 303 cm³/mol. The molecule has 0 saturated heterocycles. The fraction of sp³-hybridized carbons (Fsp3) is 0.226. The van der Waals surface area contributed by atoms with Crippen molar-refractivity contribution in [1.82, 2.24) is 19.9 Å². The van der Waals surface area contributed by atoms with Gasteiger partial charge in [-0.15, -0.1) is 0 Å². The zero-order chi connectivity index (χ0) is 57.5. The second kappa shape index (κ2) is 31.6. The zero-order valence-corrected chi connectivity index (χ0v) is 46.7. The molecule has 17 heteroatoms. The molecule has 13 nitrogen and oxygen atoms in total. The number of benzene rings is 4. The molecule has 1 N–H and O–H groups in total. The van der Waals surface area contributed by atoms with Gasteiger partial charge in [0.2, 0.25) is 0 Å². The van der Waals surface area contributed by atoms with Crippen LogP contribution < -0.4 is 0 Å². The maximum absolute atomic E-state index is 13.8. The van der Waals surface area contributed by atoms with Crippen LogP contribution in [0.1, 0.15) is 89.1 Å². The maximum atomic E-state index is 13.8. The summed E-state index contributed by atoms with van der Waals surface area (Å²) in [6.07, 6.45) is -0.555. The molecule has 0 atom stereocenters. The summed E-state index contributed by atoms with van der Waals surface area (Å²) in [5.41, 5.74) is 6.24. The fourth-order valence-electron chi connectivity index (χ4n) is 6.42. The van der Waals surface area contributed by atoms with Gasteiger partial charge in [0.15, 0.2) is 0 Å². The Kier molecular flexibility index (Phi) is 25.9. The van der Waals surface area contributed by atoms with Crippen molar-refractivity contribution < 1.29 is 56.5 Å². The minimum absolute atomic E-state index is 0. The Morgan fingerprint density at radius 1 is 0.430 bits per heavy atom. The highest BCUT2D eigenvalue weighted by molar-refractivity contribution is 6.33. The van der Waals surface area contributed by atoms with Crippen LogP contribution in [0.15, 0.2) is 170 Å². The SMILES string of the molecule is CC(C)OC(=O)c1ccc(Cl)c(-c2ccccc2)n1.CC(C)OC(=O)c1ccc(F)c(-c2ccccc2)n1.C[N+](C)(C)C.Cc1ccc(C(=O)OC(C)C)nc1-c1ccccc1.F.O=C(O)c1ccc(F)c(-c2ccccc2)n1. The first-order valence-electron chi connectivity index (χ1n) is 24.8. The molecular formula is C62H66ClF3N5O8+. The Labute approximate surface area is 464 Å². The van der Waals surface area contributed by atoms with E-state index in [1.54, 1.807) is 100 Å². The molecule has 0 bridgehead atoms. The summed E-state index contributed by atoms with van der Waals surface area (Å²) in [4.78, 5) is 62.7. The van der Waals surface area contributed by atoms with E-state index in [4.69, 9.17) is 30.9 Å². The first-order valence-corrected chi connectivity index (χ1v) is 25.1. The summed E-state index contributed by atoms with van der Waals surface area (Å²) in [5.74, 6) is -3.54. The van der Waals surface area contributed by atoms with E-state index < -0.39 is 29.5 Å². The average molecular weight is 1100 g/mol. The Bertz CT molecular complexity index is 2960. The first-order chi connectivity index (χ1) is 36.9. The topological polar surface area (TPSA) is 168 Å². The molecule has 0 saturated carbocycles. The van der Waals surface area contributed by atoms with Gasteiger partial charge in [-0.3, -0.25) is 4.70 Å². The monoisotopic (exact) mass is 1100 g/mol. The number of rotatable bonds is 11. The van der Waals surface area contributed by atoms with Crippen LogP contribution in [0.25, 0.3) is 45.0 Å². The molecule has 4 heterocycles. The molecule has 0 aliphatic rings. The summed E-state index contributed by atoms with van der Waals surface area (Å²) in [6, 6.07) is 48.5. The van der Waals surface area contributed by atoms with Gasteiger partial charge in [-0.1, -0.05) is 139 Å². The number of carboxylic acids is 1. The highest BCUT2D eigenvalue weighted by atomic mass is 35.5. The van der Waals surface area contributed by atoms with E-state index in [1.807, 2.05) is 93.6 Å². The van der Waals surface area contributed by atoms with Crippen LogP contribution in [0.5, 0.6) is 0 Å². The standard InChI is InChI=1S/C16H17NO2.C15H14ClNO2.C15H14FNO2.C12H8FNO2.C4H12N.FH/c1-11(2)19-16(18)14-10-9-12(3)15(17-14)13-7-5-4-6-8-13;2*1-10(2)19-15(18)13-9-8-12(16)14(17-13)11-6-4-3-5-7-11;13-9-6-7-10(12(15)16)14-11(9)8-4-2-1-3-5-8;1-5(2,3)4;/h4-11H,1-3H3;2*3-10H,1-2H3;1-7H,(H,15,16);1-4H3;1H/q;;;;+1;. The third-order valence-corrected chi connectivity index (χ3v) is 10.0. The van der Waals surface area contributed by atoms with Crippen molar-refractivity contribution in [3.8, 4) is 45.0 Å². The molecule has 0 aliphatic carbocycles. The number of hydrogen-bond acceptors (Lipinski definition) is 11. The highest BCUT2D eigenvalue weighted by Crippen LogP contribution is 2.27. The number of carboxylic acid groups (broad SMARTS) is 1. The minimum atomic E-state index is -1.17. The number of pyridine rings is 4. The molecule has 79 heavy (non-hydrogen) atoms. The molecule has 0 spiro atoms. The van der Waals surface area contributed by atoms with Crippen molar-refractivity contribution in [2.24, 2.45) is 0 Å². The molecule has 8 rings (SSSR count). The number of ether oxygens (including phenoxy) is 3. The third kappa shape index (κ3) is 22.1. The number of hydrogen-bond donors (Lipinski definition) is 1. The molecule has 0 amide bonds. The Hall–Kier alpha value is -8.60. The second-order valence-electron chi connectivity index (χ2n) is 19.3.